The molecule has 15 heavy (non-hydrogen) atoms. The molecule has 1 N–H and O–H groups in total. The van der Waals surface area contributed by atoms with Crippen molar-refractivity contribution in [3.05, 3.63) is 34.7 Å². The fourth-order valence-electron chi connectivity index (χ4n) is 2.10. The fourth-order valence-corrected chi connectivity index (χ4v) is 2.55. The fraction of sp³-hybridized carbons (Fsp3) is 0.364. The number of nitrogens with zero attached hydrogens (tertiary/aromatic N) is 2. The molecule has 0 saturated carbocycles. The molecule has 3 nitrogen and oxygen atoms in total. The number of aromatic nitrogens is 2. The van der Waals surface area contributed by atoms with Gasteiger partial charge in [-0.3, -0.25) is 0 Å². The van der Waals surface area contributed by atoms with Crippen LogP contribution < -0.4 is 5.32 Å². The highest BCUT2D eigenvalue weighted by atomic mass is 79.9. The quantitative estimate of drug-likeness (QED) is 0.857. The second kappa shape index (κ2) is 3.61. The van der Waals surface area contributed by atoms with E-state index < -0.39 is 0 Å². The minimum atomic E-state index is 0.580. The molecule has 0 radical (unpaired) electrons. The van der Waals surface area contributed by atoms with Gasteiger partial charge in [-0.1, -0.05) is 0 Å². The summed E-state index contributed by atoms with van der Waals surface area (Å²) in [5.41, 5.74) is 2.21. The van der Waals surface area contributed by atoms with E-state index in [9.17, 15) is 0 Å². The van der Waals surface area contributed by atoms with E-state index in [1.165, 1.54) is 12.1 Å². The van der Waals surface area contributed by atoms with E-state index in [-0.39, 0.29) is 0 Å². The standard InChI is InChI=1S/C11H12BrN3/c12-9-2-1-5-15-7-10(14-11(9)15)8-3-4-13-6-8/h1-2,5,7-8,13H,3-4,6H2. The van der Waals surface area contributed by atoms with Crippen molar-refractivity contribution in [2.75, 3.05) is 13.1 Å². The average Bonchev–Trinajstić information content (AvgIpc) is 2.86. The Bertz CT molecular complexity index is 486. The van der Waals surface area contributed by atoms with E-state index >= 15 is 0 Å². The molecule has 3 heterocycles. The van der Waals surface area contributed by atoms with Crippen LogP contribution in [0.25, 0.3) is 5.65 Å². The van der Waals surface area contributed by atoms with E-state index in [0.29, 0.717) is 5.92 Å². The first kappa shape index (κ1) is 9.36. The normalized spacial score (nSPS) is 21.3. The summed E-state index contributed by atoms with van der Waals surface area (Å²) >= 11 is 3.52. The van der Waals surface area contributed by atoms with E-state index in [1.807, 2.05) is 18.3 Å². The molecule has 1 unspecified atom stereocenters. The molecular weight excluding hydrogens is 254 g/mol. The molecule has 0 bridgehead atoms. The van der Waals surface area contributed by atoms with Crippen molar-refractivity contribution in [2.24, 2.45) is 0 Å². The minimum Gasteiger partial charge on any atom is -0.316 e. The third-order valence-corrected chi connectivity index (χ3v) is 3.55. The number of imidazole rings is 1. The van der Waals surface area contributed by atoms with Crippen molar-refractivity contribution >= 4 is 21.6 Å². The van der Waals surface area contributed by atoms with Gasteiger partial charge in [-0.25, -0.2) is 4.98 Å². The number of rotatable bonds is 1. The number of pyridine rings is 1. The van der Waals surface area contributed by atoms with Crippen molar-refractivity contribution < 1.29 is 0 Å². The summed E-state index contributed by atoms with van der Waals surface area (Å²) in [6, 6.07) is 4.05. The SMILES string of the molecule is Brc1cccn2cc(C3CCNC3)nc12. The van der Waals surface area contributed by atoms with Gasteiger partial charge in [0, 0.05) is 24.9 Å². The minimum absolute atomic E-state index is 0.580. The molecule has 3 rings (SSSR count). The van der Waals surface area contributed by atoms with Crippen LogP contribution in [0.5, 0.6) is 0 Å². The van der Waals surface area contributed by atoms with Gasteiger partial charge in [-0.05, 0) is 41.0 Å². The first-order chi connectivity index (χ1) is 7.34. The summed E-state index contributed by atoms with van der Waals surface area (Å²) in [5.74, 6) is 0.580. The lowest BCUT2D eigenvalue weighted by atomic mass is 10.1. The smallest absolute Gasteiger partial charge is 0.151 e. The van der Waals surface area contributed by atoms with Crippen LogP contribution in [-0.2, 0) is 0 Å². The zero-order valence-corrected chi connectivity index (χ0v) is 9.87. The number of hydrogen-bond donors (Lipinski definition) is 1. The predicted octanol–water partition coefficient (Wildman–Crippen LogP) is 2.17. The van der Waals surface area contributed by atoms with Gasteiger partial charge in [-0.15, -0.1) is 0 Å². The molecule has 1 fully saturated rings. The van der Waals surface area contributed by atoms with Gasteiger partial charge in [0.25, 0.3) is 0 Å². The molecule has 2 aromatic heterocycles. The highest BCUT2D eigenvalue weighted by Gasteiger charge is 2.19. The van der Waals surface area contributed by atoms with Crippen LogP contribution >= 0.6 is 15.9 Å². The summed E-state index contributed by atoms with van der Waals surface area (Å²) in [7, 11) is 0. The van der Waals surface area contributed by atoms with E-state index in [0.717, 1.165) is 23.2 Å². The highest BCUT2D eigenvalue weighted by molar-refractivity contribution is 9.10. The van der Waals surface area contributed by atoms with Gasteiger partial charge in [-0.2, -0.15) is 0 Å². The van der Waals surface area contributed by atoms with Gasteiger partial charge in [0.15, 0.2) is 5.65 Å². The second-order valence-electron chi connectivity index (χ2n) is 3.94. The largest absolute Gasteiger partial charge is 0.316 e. The molecule has 0 aliphatic carbocycles. The van der Waals surface area contributed by atoms with Crippen LogP contribution in [0.4, 0.5) is 0 Å². The third kappa shape index (κ3) is 1.58. The van der Waals surface area contributed by atoms with Crippen LogP contribution in [0.1, 0.15) is 18.0 Å². The maximum atomic E-state index is 4.67. The van der Waals surface area contributed by atoms with Gasteiger partial charge < -0.3 is 9.72 Å². The molecule has 0 spiro atoms. The van der Waals surface area contributed by atoms with E-state index in [1.54, 1.807) is 0 Å². The van der Waals surface area contributed by atoms with Gasteiger partial charge in [0.2, 0.25) is 0 Å². The van der Waals surface area contributed by atoms with Crippen LogP contribution in [0, 0.1) is 0 Å². The maximum Gasteiger partial charge on any atom is 0.151 e. The van der Waals surface area contributed by atoms with Crippen molar-refractivity contribution in [3.63, 3.8) is 0 Å². The second-order valence-corrected chi connectivity index (χ2v) is 4.80. The predicted molar refractivity (Wildman–Crippen MR) is 63.1 cm³/mol. The van der Waals surface area contributed by atoms with Gasteiger partial charge >= 0.3 is 0 Å². The lowest BCUT2D eigenvalue weighted by Crippen LogP contribution is -2.07. The third-order valence-electron chi connectivity index (χ3n) is 2.93. The number of halogens is 1. The van der Waals surface area contributed by atoms with Crippen LogP contribution in [-0.4, -0.2) is 22.5 Å². The van der Waals surface area contributed by atoms with E-state index in [4.69, 9.17) is 0 Å². The monoisotopic (exact) mass is 265 g/mol. The molecule has 1 aliphatic rings. The Morgan fingerprint density at radius 2 is 2.47 bits per heavy atom. The Morgan fingerprint density at radius 1 is 1.53 bits per heavy atom. The van der Waals surface area contributed by atoms with E-state index in [2.05, 4.69) is 36.8 Å². The zero-order valence-electron chi connectivity index (χ0n) is 8.28. The Kier molecular flexibility index (Phi) is 2.25. The average molecular weight is 266 g/mol. The summed E-state index contributed by atoms with van der Waals surface area (Å²) in [4.78, 5) is 4.67. The Labute approximate surface area is 96.6 Å². The molecule has 0 amide bonds. The topological polar surface area (TPSA) is 29.3 Å². The van der Waals surface area contributed by atoms with Crippen LogP contribution in [0.2, 0.25) is 0 Å². The van der Waals surface area contributed by atoms with Gasteiger partial charge in [0.05, 0.1) is 10.2 Å². The lowest BCUT2D eigenvalue weighted by molar-refractivity contribution is 0.741. The van der Waals surface area contributed by atoms with Gasteiger partial charge in [0.1, 0.15) is 0 Å². The summed E-state index contributed by atoms with van der Waals surface area (Å²) in [6.07, 6.45) is 5.37. The zero-order chi connectivity index (χ0) is 10.3. The Morgan fingerprint density at radius 3 is 3.20 bits per heavy atom. The Balaban J connectivity index is 2.09. The maximum absolute atomic E-state index is 4.67. The molecule has 1 aliphatic heterocycles. The van der Waals surface area contributed by atoms with Crippen molar-refractivity contribution in [1.29, 1.82) is 0 Å². The number of hydrogen-bond acceptors (Lipinski definition) is 2. The summed E-state index contributed by atoms with van der Waals surface area (Å²) in [6.45, 7) is 2.17. The molecule has 1 atom stereocenters. The van der Waals surface area contributed by atoms with Crippen LogP contribution in [0.15, 0.2) is 29.0 Å². The molecule has 2 aromatic rings. The number of fused-ring (bicyclic) bond motifs is 1. The molecule has 4 heteroatoms. The molecule has 0 aromatic carbocycles. The van der Waals surface area contributed by atoms with Crippen LogP contribution in [0.3, 0.4) is 0 Å². The highest BCUT2D eigenvalue weighted by Crippen LogP contribution is 2.24. The molecular formula is C11H12BrN3. The van der Waals surface area contributed by atoms with Crippen molar-refractivity contribution in [1.82, 2.24) is 14.7 Å². The Hall–Kier alpha value is -0.870. The number of nitrogens with one attached hydrogen (secondary N) is 1. The molecule has 78 valence electrons. The first-order valence-electron chi connectivity index (χ1n) is 5.18. The first-order valence-corrected chi connectivity index (χ1v) is 5.98. The summed E-state index contributed by atoms with van der Waals surface area (Å²) in [5, 5.41) is 3.37. The lowest BCUT2D eigenvalue weighted by Gasteiger charge is -2.01. The molecule has 1 saturated heterocycles. The van der Waals surface area contributed by atoms with Crippen molar-refractivity contribution in [3.8, 4) is 0 Å². The van der Waals surface area contributed by atoms with Crippen molar-refractivity contribution in [2.45, 2.75) is 12.3 Å². The summed E-state index contributed by atoms with van der Waals surface area (Å²) < 4.78 is 3.14.